The fraction of sp³-hybridized carbons (Fsp3) is 0.160. The van der Waals surface area contributed by atoms with Crippen LogP contribution in [0.1, 0.15) is 30.9 Å². The average molecular weight is 491 g/mol. The molecule has 172 valence electrons. The number of thioether (sulfide) groups is 1. The van der Waals surface area contributed by atoms with Crippen molar-refractivity contribution in [3.63, 3.8) is 0 Å². The van der Waals surface area contributed by atoms with Gasteiger partial charge in [-0.05, 0) is 59.5 Å². The Morgan fingerprint density at radius 2 is 1.88 bits per heavy atom. The SMILES string of the molecule is CC(C)c1ccc(NC(=O)CSc2nc3ccc(N=Cc4ccc([N+](=O)[O-])cc4)cc3s2)cc1. The van der Waals surface area contributed by atoms with E-state index < -0.39 is 4.92 Å². The van der Waals surface area contributed by atoms with Crippen LogP contribution < -0.4 is 5.32 Å². The van der Waals surface area contributed by atoms with Crippen molar-refractivity contribution in [2.24, 2.45) is 4.99 Å². The van der Waals surface area contributed by atoms with Crippen molar-refractivity contribution in [1.82, 2.24) is 4.98 Å². The van der Waals surface area contributed by atoms with Gasteiger partial charge in [0.25, 0.3) is 5.69 Å². The minimum Gasteiger partial charge on any atom is -0.325 e. The van der Waals surface area contributed by atoms with Crippen LogP contribution >= 0.6 is 23.1 Å². The molecule has 0 saturated heterocycles. The first-order chi connectivity index (χ1) is 16.4. The first-order valence-electron chi connectivity index (χ1n) is 10.6. The molecule has 4 rings (SSSR count). The Balaban J connectivity index is 1.36. The number of aliphatic imine (C=N–C) groups is 1. The molecule has 0 atom stereocenters. The van der Waals surface area contributed by atoms with Crippen LogP contribution in [-0.2, 0) is 4.79 Å². The largest absolute Gasteiger partial charge is 0.325 e. The number of amides is 1. The number of carbonyl (C=O) groups is 1. The Bertz CT molecular complexity index is 1350. The molecule has 9 heteroatoms. The predicted molar refractivity (Wildman–Crippen MR) is 140 cm³/mol. The average Bonchev–Trinajstić information content (AvgIpc) is 3.24. The normalized spacial score (nSPS) is 11.4. The maximum atomic E-state index is 12.3. The molecular weight excluding hydrogens is 468 g/mol. The van der Waals surface area contributed by atoms with Crippen molar-refractivity contribution >= 4 is 62.5 Å². The summed E-state index contributed by atoms with van der Waals surface area (Å²) in [5, 5.41) is 13.7. The van der Waals surface area contributed by atoms with E-state index in [0.29, 0.717) is 5.92 Å². The van der Waals surface area contributed by atoms with Gasteiger partial charge in [0.05, 0.1) is 26.6 Å². The Labute approximate surface area is 205 Å². The standard InChI is InChI=1S/C25H22N4O3S2/c1-16(2)18-5-7-19(8-6-18)27-24(30)15-33-25-28-22-12-9-20(13-23(22)34-25)26-14-17-3-10-21(11-4-17)29(31)32/h3-14,16H,15H2,1-2H3,(H,27,30). The number of nitro benzene ring substituents is 1. The smallest absolute Gasteiger partial charge is 0.269 e. The molecule has 0 aliphatic rings. The first-order valence-corrected chi connectivity index (χ1v) is 12.4. The highest BCUT2D eigenvalue weighted by Crippen LogP contribution is 2.32. The Morgan fingerprint density at radius 1 is 1.15 bits per heavy atom. The highest BCUT2D eigenvalue weighted by atomic mass is 32.2. The highest BCUT2D eigenvalue weighted by Gasteiger charge is 2.09. The summed E-state index contributed by atoms with van der Waals surface area (Å²) < 4.78 is 1.79. The zero-order valence-corrected chi connectivity index (χ0v) is 20.2. The lowest BCUT2D eigenvalue weighted by molar-refractivity contribution is -0.384. The molecule has 0 aliphatic heterocycles. The number of nitro groups is 1. The maximum absolute atomic E-state index is 12.3. The van der Waals surface area contributed by atoms with Gasteiger partial charge in [0.15, 0.2) is 4.34 Å². The molecule has 0 saturated carbocycles. The first kappa shape index (κ1) is 23.6. The van der Waals surface area contributed by atoms with E-state index in [1.807, 2.05) is 42.5 Å². The number of hydrogen-bond donors (Lipinski definition) is 1. The second kappa shape index (κ2) is 10.6. The molecule has 0 radical (unpaired) electrons. The number of thiazole rings is 1. The van der Waals surface area contributed by atoms with Gasteiger partial charge < -0.3 is 5.32 Å². The van der Waals surface area contributed by atoms with Gasteiger partial charge in [0.1, 0.15) is 0 Å². The van der Waals surface area contributed by atoms with E-state index in [4.69, 9.17) is 0 Å². The van der Waals surface area contributed by atoms with Gasteiger partial charge in [-0.2, -0.15) is 0 Å². The molecule has 4 aromatic rings. The minimum atomic E-state index is -0.429. The molecule has 7 nitrogen and oxygen atoms in total. The van der Waals surface area contributed by atoms with E-state index in [0.717, 1.165) is 31.5 Å². The van der Waals surface area contributed by atoms with Gasteiger partial charge in [0.2, 0.25) is 5.91 Å². The summed E-state index contributed by atoms with van der Waals surface area (Å²) in [5.74, 6) is 0.652. The fourth-order valence-electron chi connectivity index (χ4n) is 3.14. The lowest BCUT2D eigenvalue weighted by atomic mass is 10.0. The molecule has 3 aromatic carbocycles. The van der Waals surface area contributed by atoms with Gasteiger partial charge in [0, 0.05) is 24.0 Å². The number of non-ortho nitro benzene ring substituents is 1. The predicted octanol–water partition coefficient (Wildman–Crippen LogP) is 6.81. The van der Waals surface area contributed by atoms with Crippen LogP contribution in [0, 0.1) is 10.1 Å². The third kappa shape index (κ3) is 6.06. The molecule has 0 aliphatic carbocycles. The lowest BCUT2D eigenvalue weighted by Crippen LogP contribution is -2.13. The van der Waals surface area contributed by atoms with Crippen LogP contribution in [-0.4, -0.2) is 27.8 Å². The van der Waals surface area contributed by atoms with E-state index >= 15 is 0 Å². The number of rotatable bonds is 8. The highest BCUT2D eigenvalue weighted by molar-refractivity contribution is 8.01. The van der Waals surface area contributed by atoms with E-state index in [2.05, 4.69) is 29.1 Å². The van der Waals surface area contributed by atoms with Crippen molar-refractivity contribution in [3.05, 3.63) is 88.0 Å². The summed E-state index contributed by atoms with van der Waals surface area (Å²) in [4.78, 5) is 31.7. The maximum Gasteiger partial charge on any atom is 0.269 e. The summed E-state index contributed by atoms with van der Waals surface area (Å²) in [7, 11) is 0. The number of aromatic nitrogens is 1. The second-order valence-corrected chi connectivity index (χ2v) is 10.1. The van der Waals surface area contributed by atoms with Crippen molar-refractivity contribution in [1.29, 1.82) is 0 Å². The molecule has 1 heterocycles. The number of carbonyl (C=O) groups excluding carboxylic acids is 1. The third-order valence-corrected chi connectivity index (χ3v) is 7.17. The number of anilines is 1. The quantitative estimate of drug-likeness (QED) is 0.127. The van der Waals surface area contributed by atoms with E-state index in [1.165, 1.54) is 40.8 Å². The Kier molecular flexibility index (Phi) is 7.34. The number of fused-ring (bicyclic) bond motifs is 1. The molecule has 0 unspecified atom stereocenters. The zero-order valence-electron chi connectivity index (χ0n) is 18.6. The summed E-state index contributed by atoms with van der Waals surface area (Å²) in [6, 6.07) is 19.8. The van der Waals surface area contributed by atoms with E-state index in [1.54, 1.807) is 18.3 Å². The molecule has 1 N–H and O–H groups in total. The van der Waals surface area contributed by atoms with Crippen LogP contribution in [0.3, 0.4) is 0 Å². The number of hydrogen-bond acceptors (Lipinski definition) is 7. The zero-order chi connectivity index (χ0) is 24.1. The van der Waals surface area contributed by atoms with Gasteiger partial charge >= 0.3 is 0 Å². The Hall–Kier alpha value is -3.56. The van der Waals surface area contributed by atoms with Gasteiger partial charge in [-0.1, -0.05) is 37.7 Å². The van der Waals surface area contributed by atoms with Crippen molar-refractivity contribution in [2.75, 3.05) is 11.1 Å². The van der Waals surface area contributed by atoms with Crippen molar-refractivity contribution < 1.29 is 9.72 Å². The van der Waals surface area contributed by atoms with Crippen LogP contribution in [0.2, 0.25) is 0 Å². The minimum absolute atomic E-state index is 0.0472. The lowest BCUT2D eigenvalue weighted by Gasteiger charge is -2.08. The van der Waals surface area contributed by atoms with Gasteiger partial charge in [-0.3, -0.25) is 19.9 Å². The van der Waals surface area contributed by atoms with Gasteiger partial charge in [-0.25, -0.2) is 4.98 Å². The molecule has 0 fully saturated rings. The number of nitrogens with one attached hydrogen (secondary N) is 1. The molecular formula is C25H22N4O3S2. The molecule has 34 heavy (non-hydrogen) atoms. The van der Waals surface area contributed by atoms with Gasteiger partial charge in [-0.15, -0.1) is 11.3 Å². The molecule has 0 bridgehead atoms. The van der Waals surface area contributed by atoms with E-state index in [9.17, 15) is 14.9 Å². The molecule has 1 amide bonds. The van der Waals surface area contributed by atoms with Crippen LogP contribution in [0.5, 0.6) is 0 Å². The van der Waals surface area contributed by atoms with Crippen LogP contribution in [0.4, 0.5) is 17.1 Å². The monoisotopic (exact) mass is 490 g/mol. The summed E-state index contributed by atoms with van der Waals surface area (Å²) in [6.45, 7) is 4.27. The Morgan fingerprint density at radius 3 is 2.56 bits per heavy atom. The summed E-state index contributed by atoms with van der Waals surface area (Å²) >= 11 is 2.92. The van der Waals surface area contributed by atoms with E-state index in [-0.39, 0.29) is 17.3 Å². The van der Waals surface area contributed by atoms with Crippen LogP contribution in [0.25, 0.3) is 10.2 Å². The topological polar surface area (TPSA) is 97.5 Å². The van der Waals surface area contributed by atoms with Crippen molar-refractivity contribution in [2.45, 2.75) is 24.1 Å². The molecule has 0 spiro atoms. The summed E-state index contributed by atoms with van der Waals surface area (Å²) in [5.41, 5.74) is 4.45. The third-order valence-electron chi connectivity index (χ3n) is 5.01. The van der Waals surface area contributed by atoms with Crippen molar-refractivity contribution in [3.8, 4) is 0 Å². The number of benzene rings is 3. The fourth-order valence-corrected chi connectivity index (χ4v) is 5.04. The second-order valence-electron chi connectivity index (χ2n) is 7.85. The molecule has 1 aromatic heterocycles. The van der Waals surface area contributed by atoms with Crippen LogP contribution in [0.15, 0.2) is 76.1 Å². The number of nitrogens with zero attached hydrogens (tertiary/aromatic N) is 3. The summed E-state index contributed by atoms with van der Waals surface area (Å²) in [6.07, 6.45) is 1.67.